The van der Waals surface area contributed by atoms with Crippen molar-refractivity contribution < 1.29 is 19.0 Å². The highest BCUT2D eigenvalue weighted by atomic mass is 19.1. The highest BCUT2D eigenvalue weighted by Crippen LogP contribution is 2.21. The van der Waals surface area contributed by atoms with Crippen molar-refractivity contribution in [2.24, 2.45) is 0 Å². The first kappa shape index (κ1) is 14.6. The van der Waals surface area contributed by atoms with Crippen LogP contribution in [0.3, 0.4) is 0 Å². The van der Waals surface area contributed by atoms with Crippen molar-refractivity contribution in [3.8, 4) is 5.75 Å². The van der Waals surface area contributed by atoms with E-state index in [9.17, 15) is 14.3 Å². The van der Waals surface area contributed by atoms with Crippen LogP contribution in [0.2, 0.25) is 0 Å². The Hall–Kier alpha value is -1.82. The Morgan fingerprint density at radius 2 is 2.15 bits per heavy atom. The minimum atomic E-state index is -0.539. The number of aliphatic hydroxyl groups excluding tert-OH is 1. The molecule has 3 N–H and O–H groups in total. The lowest BCUT2D eigenvalue weighted by Crippen LogP contribution is -2.46. The topological polar surface area (TPSA) is 70.6 Å². The standard InChI is InChI=1S/C14H19FN2O3/c1-20-13-7-6-9(8-10(13)15)16-14(19)17-11-4-2-3-5-12(11)18/h6-8,11-12,18H,2-5H2,1H3,(H2,16,17,19). The number of halogens is 1. The lowest BCUT2D eigenvalue weighted by atomic mass is 9.93. The van der Waals surface area contributed by atoms with Crippen LogP contribution in [0.5, 0.6) is 5.75 Å². The highest BCUT2D eigenvalue weighted by molar-refractivity contribution is 5.89. The SMILES string of the molecule is COc1ccc(NC(=O)NC2CCCCC2O)cc1F. The molecule has 1 aromatic carbocycles. The van der Waals surface area contributed by atoms with Gasteiger partial charge in [0.05, 0.1) is 19.3 Å². The predicted molar refractivity (Wildman–Crippen MR) is 73.4 cm³/mol. The Morgan fingerprint density at radius 3 is 2.80 bits per heavy atom. The van der Waals surface area contributed by atoms with Crippen molar-refractivity contribution in [1.82, 2.24) is 5.32 Å². The third-order valence-corrected chi connectivity index (χ3v) is 3.46. The fourth-order valence-electron chi connectivity index (χ4n) is 2.36. The van der Waals surface area contributed by atoms with Gasteiger partial charge < -0.3 is 20.5 Å². The lowest BCUT2D eigenvalue weighted by molar-refractivity contribution is 0.0955. The summed E-state index contributed by atoms with van der Waals surface area (Å²) in [6, 6.07) is 3.50. The normalized spacial score (nSPS) is 22.1. The van der Waals surface area contributed by atoms with Crippen LogP contribution in [-0.4, -0.2) is 30.4 Å². The number of hydrogen-bond acceptors (Lipinski definition) is 3. The van der Waals surface area contributed by atoms with Crippen LogP contribution < -0.4 is 15.4 Å². The van der Waals surface area contributed by atoms with E-state index in [0.717, 1.165) is 19.3 Å². The molecule has 0 heterocycles. The number of anilines is 1. The molecule has 0 aromatic heterocycles. The number of benzene rings is 1. The second kappa shape index (κ2) is 6.56. The van der Waals surface area contributed by atoms with Gasteiger partial charge in [0, 0.05) is 11.8 Å². The van der Waals surface area contributed by atoms with Crippen LogP contribution in [0.4, 0.5) is 14.9 Å². The summed E-state index contributed by atoms with van der Waals surface area (Å²) in [5.41, 5.74) is 0.339. The van der Waals surface area contributed by atoms with Crippen LogP contribution >= 0.6 is 0 Å². The molecule has 20 heavy (non-hydrogen) atoms. The minimum absolute atomic E-state index is 0.124. The van der Waals surface area contributed by atoms with Crippen molar-refractivity contribution in [2.75, 3.05) is 12.4 Å². The van der Waals surface area contributed by atoms with Crippen molar-refractivity contribution in [3.05, 3.63) is 24.0 Å². The van der Waals surface area contributed by atoms with Crippen molar-refractivity contribution in [2.45, 2.75) is 37.8 Å². The quantitative estimate of drug-likeness (QED) is 0.796. The molecule has 1 fully saturated rings. The van der Waals surface area contributed by atoms with E-state index in [1.165, 1.54) is 19.2 Å². The maximum Gasteiger partial charge on any atom is 0.319 e. The molecule has 5 nitrogen and oxygen atoms in total. The zero-order valence-electron chi connectivity index (χ0n) is 11.4. The number of rotatable bonds is 3. The fraction of sp³-hybridized carbons (Fsp3) is 0.500. The second-order valence-electron chi connectivity index (χ2n) is 4.91. The summed E-state index contributed by atoms with van der Waals surface area (Å²) in [6.45, 7) is 0. The van der Waals surface area contributed by atoms with Crippen LogP contribution in [0.25, 0.3) is 0 Å². The molecule has 0 aliphatic heterocycles. The van der Waals surface area contributed by atoms with Gasteiger partial charge in [0.25, 0.3) is 0 Å². The number of urea groups is 1. The van der Waals surface area contributed by atoms with Crippen molar-refractivity contribution in [1.29, 1.82) is 0 Å². The maximum atomic E-state index is 13.5. The van der Waals surface area contributed by atoms with E-state index in [1.807, 2.05) is 0 Å². The van der Waals surface area contributed by atoms with Gasteiger partial charge in [-0.05, 0) is 25.0 Å². The monoisotopic (exact) mass is 282 g/mol. The van der Waals surface area contributed by atoms with Gasteiger partial charge >= 0.3 is 6.03 Å². The van der Waals surface area contributed by atoms with Gasteiger partial charge in [0.15, 0.2) is 11.6 Å². The fourth-order valence-corrected chi connectivity index (χ4v) is 2.36. The summed E-state index contributed by atoms with van der Waals surface area (Å²) in [6.07, 6.45) is 2.90. The summed E-state index contributed by atoms with van der Waals surface area (Å²) in [7, 11) is 1.38. The van der Waals surface area contributed by atoms with Gasteiger partial charge in [-0.3, -0.25) is 0 Å². The first-order chi connectivity index (χ1) is 9.60. The predicted octanol–water partition coefficient (Wildman–Crippen LogP) is 2.26. The number of carbonyl (C=O) groups is 1. The molecule has 1 aliphatic carbocycles. The first-order valence-electron chi connectivity index (χ1n) is 6.69. The van der Waals surface area contributed by atoms with Gasteiger partial charge in [-0.15, -0.1) is 0 Å². The number of methoxy groups -OCH3 is 1. The van der Waals surface area contributed by atoms with Crippen LogP contribution in [0.1, 0.15) is 25.7 Å². The second-order valence-corrected chi connectivity index (χ2v) is 4.91. The van der Waals surface area contributed by atoms with E-state index in [0.29, 0.717) is 12.1 Å². The van der Waals surface area contributed by atoms with Gasteiger partial charge in [0.2, 0.25) is 0 Å². The van der Waals surface area contributed by atoms with Gasteiger partial charge in [-0.1, -0.05) is 12.8 Å². The number of aliphatic hydroxyl groups is 1. The Morgan fingerprint density at radius 1 is 1.40 bits per heavy atom. The third kappa shape index (κ3) is 3.60. The van der Waals surface area contributed by atoms with Crippen LogP contribution in [0.15, 0.2) is 18.2 Å². The van der Waals surface area contributed by atoms with Gasteiger partial charge in [-0.25, -0.2) is 9.18 Å². The third-order valence-electron chi connectivity index (χ3n) is 3.46. The zero-order valence-corrected chi connectivity index (χ0v) is 11.4. The molecule has 2 amide bonds. The Labute approximate surface area is 117 Å². The molecule has 2 atom stereocenters. The summed E-state index contributed by atoms with van der Waals surface area (Å²) >= 11 is 0. The molecule has 1 saturated carbocycles. The first-order valence-corrected chi connectivity index (χ1v) is 6.69. The molecule has 2 unspecified atom stereocenters. The average molecular weight is 282 g/mol. The van der Waals surface area contributed by atoms with Crippen LogP contribution in [-0.2, 0) is 0 Å². The average Bonchev–Trinajstić information content (AvgIpc) is 2.41. The van der Waals surface area contributed by atoms with Crippen LogP contribution in [0, 0.1) is 5.82 Å². The summed E-state index contributed by atoms with van der Waals surface area (Å²) in [5, 5.41) is 15.0. The van der Waals surface area contributed by atoms with E-state index >= 15 is 0 Å². The number of carbonyl (C=O) groups excluding carboxylic acids is 1. The molecule has 0 bridgehead atoms. The number of hydrogen-bond donors (Lipinski definition) is 3. The summed E-state index contributed by atoms with van der Waals surface area (Å²) < 4.78 is 18.3. The minimum Gasteiger partial charge on any atom is -0.494 e. The molecule has 0 spiro atoms. The van der Waals surface area contributed by atoms with E-state index in [-0.39, 0.29) is 11.8 Å². The molecule has 0 radical (unpaired) electrons. The Kier molecular flexibility index (Phi) is 4.79. The number of nitrogens with one attached hydrogen (secondary N) is 2. The largest absolute Gasteiger partial charge is 0.494 e. The molecule has 1 aromatic rings. The van der Waals surface area contributed by atoms with E-state index in [1.54, 1.807) is 6.07 Å². The molecule has 6 heteroatoms. The number of ether oxygens (including phenoxy) is 1. The molecule has 110 valence electrons. The number of amides is 2. The zero-order chi connectivity index (χ0) is 14.5. The maximum absolute atomic E-state index is 13.5. The smallest absolute Gasteiger partial charge is 0.319 e. The molecule has 1 aliphatic rings. The molecular weight excluding hydrogens is 263 g/mol. The Balaban J connectivity index is 1.92. The van der Waals surface area contributed by atoms with E-state index in [4.69, 9.17) is 4.74 Å². The summed E-state index contributed by atoms with van der Waals surface area (Å²) in [5.74, 6) is -0.415. The van der Waals surface area contributed by atoms with Crippen molar-refractivity contribution in [3.63, 3.8) is 0 Å². The van der Waals surface area contributed by atoms with Gasteiger partial charge in [-0.2, -0.15) is 0 Å². The molecular formula is C14H19FN2O3. The van der Waals surface area contributed by atoms with E-state index < -0.39 is 18.0 Å². The molecule has 0 saturated heterocycles. The summed E-state index contributed by atoms with van der Waals surface area (Å²) in [4.78, 5) is 11.8. The van der Waals surface area contributed by atoms with Crippen molar-refractivity contribution >= 4 is 11.7 Å². The lowest BCUT2D eigenvalue weighted by Gasteiger charge is -2.28. The van der Waals surface area contributed by atoms with E-state index in [2.05, 4.69) is 10.6 Å². The molecule has 2 rings (SSSR count). The van der Waals surface area contributed by atoms with Gasteiger partial charge in [0.1, 0.15) is 0 Å². The Bertz CT molecular complexity index is 481. The highest BCUT2D eigenvalue weighted by Gasteiger charge is 2.24.